The first-order valence-corrected chi connectivity index (χ1v) is 6.73. The van der Waals surface area contributed by atoms with Crippen molar-refractivity contribution in [3.63, 3.8) is 0 Å². The minimum atomic E-state index is -3.62. The standard InChI is InChI=1S/C10H17N3O3S/c11-5-7-16-8-6-13-9-1-3-10(4-2-9)17(12,14)15/h1-4,13H,5-8,11H2,(H2,12,14,15). The van der Waals surface area contributed by atoms with Crippen molar-refractivity contribution < 1.29 is 13.2 Å². The Morgan fingerprint density at radius 1 is 1.18 bits per heavy atom. The molecule has 0 heterocycles. The Balaban J connectivity index is 2.41. The predicted octanol–water partition coefficient (Wildman–Crippen LogP) is -0.279. The summed E-state index contributed by atoms with van der Waals surface area (Å²) in [7, 11) is -3.62. The molecule has 0 unspecified atom stereocenters. The van der Waals surface area contributed by atoms with Crippen molar-refractivity contribution in [1.29, 1.82) is 0 Å². The highest BCUT2D eigenvalue weighted by Gasteiger charge is 2.06. The Kier molecular flexibility index (Phi) is 5.36. The topological polar surface area (TPSA) is 107 Å². The van der Waals surface area contributed by atoms with E-state index in [4.69, 9.17) is 15.6 Å². The molecule has 0 aliphatic heterocycles. The average Bonchev–Trinajstić information content (AvgIpc) is 2.28. The van der Waals surface area contributed by atoms with E-state index in [0.717, 1.165) is 5.69 Å². The Morgan fingerprint density at radius 3 is 2.35 bits per heavy atom. The number of sulfonamides is 1. The Bertz CT molecular complexity index is 431. The first-order valence-electron chi connectivity index (χ1n) is 5.18. The third-order valence-electron chi connectivity index (χ3n) is 2.02. The summed E-state index contributed by atoms with van der Waals surface area (Å²) >= 11 is 0. The minimum Gasteiger partial charge on any atom is -0.383 e. The molecule has 0 aliphatic rings. The molecule has 0 amide bonds. The van der Waals surface area contributed by atoms with Crippen LogP contribution in [0.25, 0.3) is 0 Å². The summed E-state index contributed by atoms with van der Waals surface area (Å²) < 4.78 is 27.2. The highest BCUT2D eigenvalue weighted by atomic mass is 32.2. The van der Waals surface area contributed by atoms with Gasteiger partial charge in [0.05, 0.1) is 18.1 Å². The number of nitrogens with two attached hydrogens (primary N) is 2. The monoisotopic (exact) mass is 259 g/mol. The zero-order valence-corrected chi connectivity index (χ0v) is 10.2. The summed E-state index contributed by atoms with van der Waals surface area (Å²) in [6, 6.07) is 6.22. The lowest BCUT2D eigenvalue weighted by Crippen LogP contribution is -2.14. The summed E-state index contributed by atoms with van der Waals surface area (Å²) in [5.41, 5.74) is 6.08. The van der Waals surface area contributed by atoms with E-state index in [2.05, 4.69) is 5.32 Å². The van der Waals surface area contributed by atoms with Crippen LogP contribution in [0.1, 0.15) is 0 Å². The molecule has 1 aromatic rings. The summed E-state index contributed by atoms with van der Waals surface area (Å²) in [5.74, 6) is 0. The first-order chi connectivity index (χ1) is 8.04. The highest BCUT2D eigenvalue weighted by molar-refractivity contribution is 7.89. The van der Waals surface area contributed by atoms with Crippen LogP contribution in [0.4, 0.5) is 5.69 Å². The third-order valence-corrected chi connectivity index (χ3v) is 2.95. The van der Waals surface area contributed by atoms with Gasteiger partial charge in [0.1, 0.15) is 0 Å². The van der Waals surface area contributed by atoms with Gasteiger partial charge in [0.2, 0.25) is 10.0 Å². The van der Waals surface area contributed by atoms with Crippen molar-refractivity contribution >= 4 is 15.7 Å². The molecule has 0 atom stereocenters. The van der Waals surface area contributed by atoms with Crippen molar-refractivity contribution in [3.05, 3.63) is 24.3 Å². The maximum atomic E-state index is 11.0. The minimum absolute atomic E-state index is 0.0995. The number of primary sulfonamides is 1. The van der Waals surface area contributed by atoms with E-state index in [1.54, 1.807) is 12.1 Å². The van der Waals surface area contributed by atoms with E-state index in [-0.39, 0.29) is 4.90 Å². The van der Waals surface area contributed by atoms with Crippen molar-refractivity contribution in [3.8, 4) is 0 Å². The molecule has 1 rings (SSSR count). The Morgan fingerprint density at radius 2 is 1.82 bits per heavy atom. The van der Waals surface area contributed by atoms with Crippen LogP contribution in [-0.2, 0) is 14.8 Å². The second-order valence-electron chi connectivity index (χ2n) is 3.40. The van der Waals surface area contributed by atoms with Crippen LogP contribution in [0.2, 0.25) is 0 Å². The molecule has 7 heteroatoms. The van der Waals surface area contributed by atoms with Crippen LogP contribution in [0.3, 0.4) is 0 Å². The molecule has 6 nitrogen and oxygen atoms in total. The van der Waals surface area contributed by atoms with Gasteiger partial charge in [-0.2, -0.15) is 0 Å². The van der Waals surface area contributed by atoms with E-state index in [0.29, 0.717) is 26.3 Å². The number of hydrogen-bond acceptors (Lipinski definition) is 5. The molecule has 0 radical (unpaired) electrons. The largest absolute Gasteiger partial charge is 0.383 e. The van der Waals surface area contributed by atoms with Gasteiger partial charge in [-0.25, -0.2) is 13.6 Å². The van der Waals surface area contributed by atoms with Crippen molar-refractivity contribution in [2.24, 2.45) is 10.9 Å². The molecule has 0 saturated heterocycles. The summed E-state index contributed by atoms with van der Waals surface area (Å²) in [5, 5.41) is 8.06. The second-order valence-corrected chi connectivity index (χ2v) is 4.96. The lowest BCUT2D eigenvalue weighted by Gasteiger charge is -2.07. The van der Waals surface area contributed by atoms with Crippen molar-refractivity contribution in [2.75, 3.05) is 31.6 Å². The molecular weight excluding hydrogens is 242 g/mol. The predicted molar refractivity (Wildman–Crippen MR) is 66.2 cm³/mol. The number of anilines is 1. The van der Waals surface area contributed by atoms with E-state index < -0.39 is 10.0 Å². The molecular formula is C10H17N3O3S. The van der Waals surface area contributed by atoms with Crippen molar-refractivity contribution in [2.45, 2.75) is 4.90 Å². The van der Waals surface area contributed by atoms with Gasteiger partial charge < -0.3 is 15.8 Å². The smallest absolute Gasteiger partial charge is 0.238 e. The zero-order valence-electron chi connectivity index (χ0n) is 9.43. The van der Waals surface area contributed by atoms with E-state index in [1.165, 1.54) is 12.1 Å². The van der Waals surface area contributed by atoms with Crippen LogP contribution in [0.5, 0.6) is 0 Å². The van der Waals surface area contributed by atoms with Gasteiger partial charge in [0.15, 0.2) is 0 Å². The van der Waals surface area contributed by atoms with Gasteiger partial charge in [-0.1, -0.05) is 0 Å². The van der Waals surface area contributed by atoms with Crippen LogP contribution < -0.4 is 16.2 Å². The molecule has 0 spiro atoms. The number of benzene rings is 1. The lowest BCUT2D eigenvalue weighted by atomic mass is 10.3. The molecule has 0 fully saturated rings. The highest BCUT2D eigenvalue weighted by Crippen LogP contribution is 2.12. The molecule has 0 saturated carbocycles. The van der Waals surface area contributed by atoms with Gasteiger partial charge >= 0.3 is 0 Å². The number of hydrogen-bond donors (Lipinski definition) is 3. The fourth-order valence-electron chi connectivity index (χ4n) is 1.22. The zero-order chi connectivity index (χ0) is 12.7. The lowest BCUT2D eigenvalue weighted by molar-refractivity contribution is 0.151. The van der Waals surface area contributed by atoms with Crippen molar-refractivity contribution in [1.82, 2.24) is 0 Å². The molecule has 1 aromatic carbocycles. The second kappa shape index (κ2) is 6.55. The van der Waals surface area contributed by atoms with Crippen LogP contribution in [0, 0.1) is 0 Å². The average molecular weight is 259 g/mol. The molecule has 0 aromatic heterocycles. The molecule has 5 N–H and O–H groups in total. The van der Waals surface area contributed by atoms with Gasteiger partial charge in [-0.05, 0) is 24.3 Å². The van der Waals surface area contributed by atoms with Gasteiger partial charge in [0.25, 0.3) is 0 Å². The van der Waals surface area contributed by atoms with Crippen LogP contribution in [0.15, 0.2) is 29.2 Å². The maximum Gasteiger partial charge on any atom is 0.238 e. The molecule has 0 aliphatic carbocycles. The quantitative estimate of drug-likeness (QED) is 0.584. The maximum absolute atomic E-state index is 11.0. The molecule has 96 valence electrons. The number of ether oxygens (including phenoxy) is 1. The fourth-order valence-corrected chi connectivity index (χ4v) is 1.73. The normalized spacial score (nSPS) is 11.4. The molecule has 0 bridgehead atoms. The van der Waals surface area contributed by atoms with E-state index in [1.807, 2.05) is 0 Å². The van der Waals surface area contributed by atoms with Gasteiger partial charge in [-0.3, -0.25) is 0 Å². The summed E-state index contributed by atoms with van der Waals surface area (Å²) in [6.45, 7) is 2.22. The van der Waals surface area contributed by atoms with Crippen LogP contribution in [-0.4, -0.2) is 34.7 Å². The summed E-state index contributed by atoms with van der Waals surface area (Å²) in [4.78, 5) is 0.0995. The number of nitrogens with one attached hydrogen (secondary N) is 1. The molecule has 17 heavy (non-hydrogen) atoms. The SMILES string of the molecule is NCCOCCNc1ccc(S(N)(=O)=O)cc1. The van der Waals surface area contributed by atoms with E-state index >= 15 is 0 Å². The number of rotatable bonds is 7. The Hall–Kier alpha value is -1.15. The fraction of sp³-hybridized carbons (Fsp3) is 0.400. The summed E-state index contributed by atoms with van der Waals surface area (Å²) in [6.07, 6.45) is 0. The van der Waals surface area contributed by atoms with Gasteiger partial charge in [-0.15, -0.1) is 0 Å². The van der Waals surface area contributed by atoms with E-state index in [9.17, 15) is 8.42 Å². The first kappa shape index (κ1) is 13.9. The van der Waals surface area contributed by atoms with Gasteiger partial charge in [0, 0.05) is 18.8 Å². The van der Waals surface area contributed by atoms with Crippen LogP contribution >= 0.6 is 0 Å². The third kappa shape index (κ3) is 5.14. The Labute approximate surface area is 101 Å².